The van der Waals surface area contributed by atoms with E-state index in [1.807, 2.05) is 12.1 Å². The minimum atomic E-state index is -0.255. The van der Waals surface area contributed by atoms with E-state index in [2.05, 4.69) is 69.0 Å². The highest BCUT2D eigenvalue weighted by molar-refractivity contribution is 9.11. The van der Waals surface area contributed by atoms with Crippen molar-refractivity contribution in [1.29, 1.82) is 0 Å². The minimum Gasteiger partial charge on any atom is -0.379 e. The van der Waals surface area contributed by atoms with Gasteiger partial charge < -0.3 is 5.32 Å². The summed E-state index contributed by atoms with van der Waals surface area (Å²) in [5.41, 5.74) is 1.96. The Morgan fingerprint density at radius 1 is 0.895 bits per heavy atom. The van der Waals surface area contributed by atoms with Gasteiger partial charge in [-0.1, -0.05) is 22.0 Å². The second kappa shape index (κ2) is 6.70. The molecule has 0 bridgehead atoms. The topological polar surface area (TPSA) is 12.0 Å². The van der Waals surface area contributed by atoms with Crippen LogP contribution in [-0.2, 0) is 6.54 Å². The van der Waals surface area contributed by atoms with Gasteiger partial charge in [0.05, 0.1) is 10.2 Å². The van der Waals surface area contributed by atoms with Crippen molar-refractivity contribution in [3.8, 4) is 0 Å². The molecule has 0 unspecified atom stereocenters. The van der Waals surface area contributed by atoms with Crippen molar-refractivity contribution < 1.29 is 4.39 Å². The van der Waals surface area contributed by atoms with Gasteiger partial charge in [-0.15, -0.1) is 0 Å². The van der Waals surface area contributed by atoms with E-state index in [0.29, 0.717) is 11.0 Å². The molecule has 100 valence electrons. The highest BCUT2D eigenvalue weighted by Gasteiger charge is 2.07. The summed E-state index contributed by atoms with van der Waals surface area (Å²) in [6, 6.07) is 8.91. The van der Waals surface area contributed by atoms with Crippen molar-refractivity contribution in [3.63, 3.8) is 0 Å². The maximum atomic E-state index is 13.1. The molecule has 19 heavy (non-hydrogen) atoms. The van der Waals surface area contributed by atoms with Crippen molar-refractivity contribution in [2.45, 2.75) is 6.54 Å². The summed E-state index contributed by atoms with van der Waals surface area (Å²) in [4.78, 5) is 0. The van der Waals surface area contributed by atoms with Crippen LogP contribution in [0.15, 0.2) is 48.2 Å². The maximum Gasteiger partial charge on any atom is 0.137 e. The van der Waals surface area contributed by atoms with Crippen LogP contribution in [0.5, 0.6) is 0 Å². The fourth-order valence-electron chi connectivity index (χ4n) is 1.55. The van der Waals surface area contributed by atoms with E-state index < -0.39 is 0 Å². The second-order valence-electron chi connectivity index (χ2n) is 3.85. The van der Waals surface area contributed by atoms with Crippen LogP contribution in [-0.4, -0.2) is 0 Å². The first-order valence-electron chi connectivity index (χ1n) is 5.29. The molecule has 0 aliphatic heterocycles. The van der Waals surface area contributed by atoms with Gasteiger partial charge in [-0.25, -0.2) is 4.39 Å². The molecular weight excluding hydrogens is 509 g/mol. The van der Waals surface area contributed by atoms with Crippen molar-refractivity contribution in [2.24, 2.45) is 0 Å². The molecule has 1 N–H and O–H groups in total. The second-order valence-corrected chi connectivity index (χ2v) is 7.33. The Balaban J connectivity index is 2.16. The molecule has 0 amide bonds. The average Bonchev–Trinajstić information content (AvgIpc) is 2.32. The predicted octanol–water partition coefficient (Wildman–Crippen LogP) is 6.49. The smallest absolute Gasteiger partial charge is 0.137 e. The summed E-state index contributed by atoms with van der Waals surface area (Å²) in [5.74, 6) is -0.255. The van der Waals surface area contributed by atoms with E-state index in [1.165, 1.54) is 6.07 Å². The molecule has 0 spiro atoms. The third-order valence-electron chi connectivity index (χ3n) is 2.46. The number of hydrogen-bond donors (Lipinski definition) is 1. The molecule has 0 heterocycles. The molecule has 2 aromatic carbocycles. The Hall–Kier alpha value is 0.0900. The number of nitrogens with one attached hydrogen (secondary N) is 1. The van der Waals surface area contributed by atoms with Gasteiger partial charge in [0.25, 0.3) is 0 Å². The quantitative estimate of drug-likeness (QED) is 0.492. The molecule has 2 rings (SSSR count). The summed E-state index contributed by atoms with van der Waals surface area (Å²) in [6.45, 7) is 0.609. The molecule has 0 aliphatic rings. The first-order chi connectivity index (χ1) is 8.97. The van der Waals surface area contributed by atoms with Crippen LogP contribution in [0.3, 0.4) is 0 Å². The summed E-state index contributed by atoms with van der Waals surface area (Å²) < 4.78 is 16.5. The molecular formula is C13H8Br4FN. The zero-order valence-corrected chi connectivity index (χ0v) is 15.8. The number of benzene rings is 2. The SMILES string of the molecule is Fc1ccc(CNc2c(Br)cc(Br)cc2Br)cc1Br. The lowest BCUT2D eigenvalue weighted by atomic mass is 10.2. The Morgan fingerprint density at radius 2 is 1.53 bits per heavy atom. The summed E-state index contributed by atoms with van der Waals surface area (Å²) in [5, 5.41) is 3.31. The van der Waals surface area contributed by atoms with Crippen molar-refractivity contribution in [2.75, 3.05) is 5.32 Å². The van der Waals surface area contributed by atoms with Gasteiger partial charge in [0.1, 0.15) is 5.82 Å². The molecule has 2 aromatic rings. The predicted molar refractivity (Wildman–Crippen MR) is 91.0 cm³/mol. The van der Waals surface area contributed by atoms with E-state index >= 15 is 0 Å². The zero-order chi connectivity index (χ0) is 14.0. The molecule has 6 heteroatoms. The zero-order valence-electron chi connectivity index (χ0n) is 9.48. The first-order valence-corrected chi connectivity index (χ1v) is 8.47. The molecule has 0 saturated heterocycles. The van der Waals surface area contributed by atoms with Crippen LogP contribution in [0.2, 0.25) is 0 Å². The fourth-order valence-corrected chi connectivity index (χ4v) is 4.52. The van der Waals surface area contributed by atoms with Crippen LogP contribution in [0.25, 0.3) is 0 Å². The summed E-state index contributed by atoms with van der Waals surface area (Å²) in [7, 11) is 0. The summed E-state index contributed by atoms with van der Waals surface area (Å²) >= 11 is 13.6. The van der Waals surface area contributed by atoms with Crippen molar-refractivity contribution in [1.82, 2.24) is 0 Å². The van der Waals surface area contributed by atoms with Crippen molar-refractivity contribution >= 4 is 69.4 Å². The van der Waals surface area contributed by atoms with Crippen molar-refractivity contribution in [3.05, 3.63) is 59.6 Å². The van der Waals surface area contributed by atoms with Gasteiger partial charge in [0.2, 0.25) is 0 Å². The average molecular weight is 517 g/mol. The van der Waals surface area contributed by atoms with Gasteiger partial charge in [0, 0.05) is 20.0 Å². The maximum absolute atomic E-state index is 13.1. The third kappa shape index (κ3) is 4.03. The van der Waals surface area contributed by atoms with Crippen LogP contribution in [0.4, 0.5) is 10.1 Å². The summed E-state index contributed by atoms with van der Waals surface area (Å²) in [6.07, 6.45) is 0. The van der Waals surface area contributed by atoms with E-state index in [4.69, 9.17) is 0 Å². The Labute approximate surface area is 144 Å². The molecule has 0 aromatic heterocycles. The molecule has 0 radical (unpaired) electrons. The molecule has 0 aliphatic carbocycles. The van der Waals surface area contributed by atoms with E-state index in [0.717, 1.165) is 24.7 Å². The number of rotatable bonds is 3. The van der Waals surface area contributed by atoms with Gasteiger partial charge in [0.15, 0.2) is 0 Å². The lowest BCUT2D eigenvalue weighted by molar-refractivity contribution is 0.620. The number of anilines is 1. The number of hydrogen-bond acceptors (Lipinski definition) is 1. The van der Waals surface area contributed by atoms with Gasteiger partial charge in [-0.3, -0.25) is 0 Å². The van der Waals surface area contributed by atoms with Crippen LogP contribution >= 0.6 is 63.7 Å². The monoisotopic (exact) mass is 513 g/mol. The van der Waals surface area contributed by atoms with E-state index in [9.17, 15) is 4.39 Å². The van der Waals surface area contributed by atoms with Gasteiger partial charge >= 0.3 is 0 Å². The fraction of sp³-hybridized carbons (Fsp3) is 0.0769. The van der Waals surface area contributed by atoms with Crippen LogP contribution in [0, 0.1) is 5.82 Å². The lowest BCUT2D eigenvalue weighted by Crippen LogP contribution is -2.01. The Kier molecular flexibility index (Phi) is 5.45. The number of halogens is 5. The molecule has 1 nitrogen and oxygen atoms in total. The Morgan fingerprint density at radius 3 is 2.11 bits per heavy atom. The largest absolute Gasteiger partial charge is 0.379 e. The highest BCUT2D eigenvalue weighted by Crippen LogP contribution is 2.34. The lowest BCUT2D eigenvalue weighted by Gasteiger charge is -2.12. The minimum absolute atomic E-state index is 0.255. The Bertz CT molecular complexity index is 593. The standard InChI is InChI=1S/C13H8Br4FN/c14-8-4-10(16)13(11(17)5-8)19-6-7-1-2-12(18)9(15)3-7/h1-5,19H,6H2. The third-order valence-corrected chi connectivity index (χ3v) is 4.78. The highest BCUT2D eigenvalue weighted by atomic mass is 79.9. The molecule has 0 atom stereocenters. The van der Waals surface area contributed by atoms with Gasteiger partial charge in [-0.05, 0) is 77.6 Å². The molecule has 0 saturated carbocycles. The van der Waals surface area contributed by atoms with E-state index in [1.54, 1.807) is 12.1 Å². The van der Waals surface area contributed by atoms with Crippen LogP contribution < -0.4 is 5.32 Å². The first kappa shape index (κ1) is 15.5. The van der Waals surface area contributed by atoms with Gasteiger partial charge in [-0.2, -0.15) is 0 Å². The molecule has 0 fully saturated rings. The van der Waals surface area contributed by atoms with E-state index in [-0.39, 0.29) is 5.82 Å². The van der Waals surface area contributed by atoms with Crippen LogP contribution in [0.1, 0.15) is 5.56 Å². The normalized spacial score (nSPS) is 10.6.